The third kappa shape index (κ3) is 2.81. The van der Waals surface area contributed by atoms with Gasteiger partial charge in [-0.3, -0.25) is 0 Å². The van der Waals surface area contributed by atoms with Crippen molar-refractivity contribution in [2.45, 2.75) is 13.1 Å². The lowest BCUT2D eigenvalue weighted by atomic mass is 10.2. The van der Waals surface area contributed by atoms with Crippen LogP contribution in [0.3, 0.4) is 0 Å². The molecule has 1 aromatic heterocycles. The molecule has 3 N–H and O–H groups in total. The van der Waals surface area contributed by atoms with Crippen LogP contribution in [-0.4, -0.2) is 0 Å². The van der Waals surface area contributed by atoms with Gasteiger partial charge in [-0.25, -0.2) is 0 Å². The highest BCUT2D eigenvalue weighted by Gasteiger charge is 1.95. The fourth-order valence-electron chi connectivity index (χ4n) is 1.41. The van der Waals surface area contributed by atoms with Crippen molar-refractivity contribution in [3.8, 4) is 0 Å². The van der Waals surface area contributed by atoms with Crippen molar-refractivity contribution in [2.75, 3.05) is 5.32 Å². The predicted octanol–water partition coefficient (Wildman–Crippen LogP) is 2.82. The zero-order chi connectivity index (χ0) is 10.5. The van der Waals surface area contributed by atoms with Gasteiger partial charge in [0.25, 0.3) is 0 Å². The molecule has 0 saturated carbocycles. The van der Waals surface area contributed by atoms with Crippen LogP contribution >= 0.6 is 11.3 Å². The first-order chi connectivity index (χ1) is 7.38. The molecule has 1 aromatic carbocycles. The van der Waals surface area contributed by atoms with Crippen molar-refractivity contribution in [1.29, 1.82) is 0 Å². The first-order valence-electron chi connectivity index (χ1n) is 4.94. The standard InChI is InChI=1S/C12H14N2S/c13-8-10-3-1-4-11(7-10)14-9-12-5-2-6-15-12/h1-7,14H,8-9,13H2. The van der Waals surface area contributed by atoms with Crippen LogP contribution in [0.15, 0.2) is 41.8 Å². The van der Waals surface area contributed by atoms with E-state index in [2.05, 4.69) is 35.0 Å². The molecule has 0 aliphatic carbocycles. The van der Waals surface area contributed by atoms with E-state index < -0.39 is 0 Å². The monoisotopic (exact) mass is 218 g/mol. The summed E-state index contributed by atoms with van der Waals surface area (Å²) in [5.74, 6) is 0. The van der Waals surface area contributed by atoms with Crippen LogP contribution in [0.4, 0.5) is 5.69 Å². The Morgan fingerprint density at radius 2 is 2.13 bits per heavy atom. The van der Waals surface area contributed by atoms with Crippen molar-refractivity contribution in [3.05, 3.63) is 52.2 Å². The number of rotatable bonds is 4. The second kappa shape index (κ2) is 4.96. The molecule has 0 spiro atoms. The molecule has 0 bridgehead atoms. The van der Waals surface area contributed by atoms with Gasteiger partial charge in [0.2, 0.25) is 0 Å². The van der Waals surface area contributed by atoms with Crippen LogP contribution in [0.2, 0.25) is 0 Å². The lowest BCUT2D eigenvalue weighted by Crippen LogP contribution is -2.00. The number of anilines is 1. The van der Waals surface area contributed by atoms with Gasteiger partial charge in [-0.2, -0.15) is 0 Å². The second-order valence-corrected chi connectivity index (χ2v) is 4.37. The van der Waals surface area contributed by atoms with Gasteiger partial charge in [0, 0.05) is 23.7 Å². The molecule has 0 radical (unpaired) electrons. The molecule has 1 heterocycles. The van der Waals surface area contributed by atoms with E-state index in [-0.39, 0.29) is 0 Å². The Morgan fingerprint density at radius 1 is 1.20 bits per heavy atom. The van der Waals surface area contributed by atoms with E-state index in [1.807, 2.05) is 12.1 Å². The Kier molecular flexibility index (Phi) is 3.37. The van der Waals surface area contributed by atoms with E-state index >= 15 is 0 Å². The van der Waals surface area contributed by atoms with Crippen molar-refractivity contribution < 1.29 is 0 Å². The summed E-state index contributed by atoms with van der Waals surface area (Å²) in [5, 5.41) is 5.47. The zero-order valence-electron chi connectivity index (χ0n) is 8.44. The van der Waals surface area contributed by atoms with Gasteiger partial charge in [0.15, 0.2) is 0 Å². The van der Waals surface area contributed by atoms with Crippen LogP contribution in [0.25, 0.3) is 0 Å². The third-order valence-electron chi connectivity index (χ3n) is 2.21. The number of benzene rings is 1. The number of hydrogen-bond donors (Lipinski definition) is 2. The average molecular weight is 218 g/mol. The van der Waals surface area contributed by atoms with Crippen molar-refractivity contribution >= 4 is 17.0 Å². The quantitative estimate of drug-likeness (QED) is 0.828. The largest absolute Gasteiger partial charge is 0.380 e. The molecule has 0 fully saturated rings. The van der Waals surface area contributed by atoms with E-state index in [0.29, 0.717) is 6.54 Å². The molecule has 0 unspecified atom stereocenters. The Labute approximate surface area is 93.7 Å². The van der Waals surface area contributed by atoms with Gasteiger partial charge < -0.3 is 11.1 Å². The molecule has 3 heteroatoms. The summed E-state index contributed by atoms with van der Waals surface area (Å²) < 4.78 is 0. The third-order valence-corrected chi connectivity index (χ3v) is 3.09. The minimum atomic E-state index is 0.592. The molecule has 2 aromatic rings. The van der Waals surface area contributed by atoms with E-state index in [1.165, 1.54) is 4.88 Å². The molecular formula is C12H14N2S. The first kappa shape index (κ1) is 10.2. The Morgan fingerprint density at radius 3 is 2.87 bits per heavy atom. The highest BCUT2D eigenvalue weighted by molar-refractivity contribution is 7.09. The fourth-order valence-corrected chi connectivity index (χ4v) is 2.06. The second-order valence-electron chi connectivity index (χ2n) is 3.34. The zero-order valence-corrected chi connectivity index (χ0v) is 9.26. The minimum Gasteiger partial charge on any atom is -0.380 e. The summed E-state index contributed by atoms with van der Waals surface area (Å²) in [6.45, 7) is 1.47. The Balaban J connectivity index is 1.98. The summed E-state index contributed by atoms with van der Waals surface area (Å²) >= 11 is 1.76. The van der Waals surface area contributed by atoms with Crippen LogP contribution < -0.4 is 11.1 Å². The average Bonchev–Trinajstić information content (AvgIpc) is 2.79. The predicted molar refractivity (Wildman–Crippen MR) is 66.0 cm³/mol. The molecule has 2 nitrogen and oxygen atoms in total. The first-order valence-corrected chi connectivity index (χ1v) is 5.82. The topological polar surface area (TPSA) is 38.0 Å². The summed E-state index contributed by atoms with van der Waals surface area (Å²) in [4.78, 5) is 1.34. The van der Waals surface area contributed by atoms with Gasteiger partial charge in [-0.15, -0.1) is 11.3 Å². The SMILES string of the molecule is NCc1cccc(NCc2cccs2)c1. The van der Waals surface area contributed by atoms with Gasteiger partial charge in [0.05, 0.1) is 0 Å². The Bertz CT molecular complexity index is 409. The highest BCUT2D eigenvalue weighted by atomic mass is 32.1. The van der Waals surface area contributed by atoms with Crippen molar-refractivity contribution in [3.63, 3.8) is 0 Å². The summed E-state index contributed by atoms with van der Waals surface area (Å²) in [6.07, 6.45) is 0. The van der Waals surface area contributed by atoms with Gasteiger partial charge >= 0.3 is 0 Å². The summed E-state index contributed by atoms with van der Waals surface area (Å²) in [6, 6.07) is 12.4. The van der Waals surface area contributed by atoms with E-state index in [4.69, 9.17) is 5.73 Å². The summed E-state index contributed by atoms with van der Waals surface area (Å²) in [7, 11) is 0. The maximum atomic E-state index is 5.58. The van der Waals surface area contributed by atoms with Crippen molar-refractivity contribution in [1.82, 2.24) is 0 Å². The Hall–Kier alpha value is -1.32. The maximum Gasteiger partial charge on any atom is 0.0494 e. The van der Waals surface area contributed by atoms with Gasteiger partial charge in [-0.1, -0.05) is 18.2 Å². The highest BCUT2D eigenvalue weighted by Crippen LogP contribution is 2.14. The molecule has 0 aliphatic rings. The maximum absolute atomic E-state index is 5.58. The number of hydrogen-bond acceptors (Lipinski definition) is 3. The summed E-state index contributed by atoms with van der Waals surface area (Å²) in [5.41, 5.74) is 7.87. The molecule has 0 saturated heterocycles. The molecule has 15 heavy (non-hydrogen) atoms. The molecule has 0 aliphatic heterocycles. The van der Waals surface area contributed by atoms with Crippen LogP contribution in [0, 0.1) is 0 Å². The molecule has 0 atom stereocenters. The van der Waals surface area contributed by atoms with Gasteiger partial charge in [0.1, 0.15) is 0 Å². The number of nitrogens with one attached hydrogen (secondary N) is 1. The molecule has 0 amide bonds. The lowest BCUT2D eigenvalue weighted by molar-refractivity contribution is 1.07. The number of nitrogens with two attached hydrogens (primary N) is 1. The molecular weight excluding hydrogens is 204 g/mol. The van der Waals surface area contributed by atoms with E-state index in [0.717, 1.165) is 17.8 Å². The fraction of sp³-hybridized carbons (Fsp3) is 0.167. The minimum absolute atomic E-state index is 0.592. The van der Waals surface area contributed by atoms with E-state index in [1.54, 1.807) is 11.3 Å². The lowest BCUT2D eigenvalue weighted by Gasteiger charge is -2.06. The normalized spacial score (nSPS) is 10.2. The van der Waals surface area contributed by atoms with Gasteiger partial charge in [-0.05, 0) is 29.1 Å². The van der Waals surface area contributed by atoms with Crippen LogP contribution in [0.1, 0.15) is 10.4 Å². The molecule has 2 rings (SSSR count). The van der Waals surface area contributed by atoms with Crippen LogP contribution in [-0.2, 0) is 13.1 Å². The number of thiophene rings is 1. The molecule has 78 valence electrons. The van der Waals surface area contributed by atoms with Crippen molar-refractivity contribution in [2.24, 2.45) is 5.73 Å². The smallest absolute Gasteiger partial charge is 0.0494 e. The van der Waals surface area contributed by atoms with E-state index in [9.17, 15) is 0 Å². The van der Waals surface area contributed by atoms with Crippen LogP contribution in [0.5, 0.6) is 0 Å².